The van der Waals surface area contributed by atoms with Crippen molar-refractivity contribution in [1.29, 1.82) is 0 Å². The van der Waals surface area contributed by atoms with Crippen molar-refractivity contribution in [3.63, 3.8) is 0 Å². The molecule has 0 aliphatic heterocycles. The van der Waals surface area contributed by atoms with E-state index in [2.05, 4.69) is 15.5 Å². The Labute approximate surface area is 123 Å². The molecular formula is C13H22N4O4. The largest absolute Gasteiger partial charge is 0.391 e. The van der Waals surface area contributed by atoms with Gasteiger partial charge in [0.25, 0.3) is 5.91 Å². The minimum atomic E-state index is -0.755. The van der Waals surface area contributed by atoms with Gasteiger partial charge < -0.3 is 10.4 Å². The first-order valence-electron chi connectivity index (χ1n) is 6.86. The van der Waals surface area contributed by atoms with E-state index in [9.17, 15) is 20.0 Å². The van der Waals surface area contributed by atoms with Crippen molar-refractivity contribution in [2.24, 2.45) is 5.41 Å². The molecule has 1 amide bonds. The molecule has 8 nitrogen and oxygen atoms in total. The summed E-state index contributed by atoms with van der Waals surface area (Å²) in [6, 6.07) is 0. The summed E-state index contributed by atoms with van der Waals surface area (Å²) in [6.07, 6.45) is 0.392. The van der Waals surface area contributed by atoms with E-state index in [0.717, 1.165) is 0 Å². The number of nitrogens with one attached hydrogen (secondary N) is 2. The van der Waals surface area contributed by atoms with Crippen molar-refractivity contribution in [2.45, 2.75) is 46.6 Å². The van der Waals surface area contributed by atoms with Crippen molar-refractivity contribution in [3.05, 3.63) is 21.5 Å². The van der Waals surface area contributed by atoms with Crippen molar-refractivity contribution in [2.75, 3.05) is 6.54 Å². The number of aliphatic hydroxyl groups excluding tert-OH is 1. The van der Waals surface area contributed by atoms with E-state index in [1.807, 2.05) is 27.7 Å². The van der Waals surface area contributed by atoms with Crippen LogP contribution in [-0.4, -0.2) is 38.8 Å². The number of carbonyl (C=O) groups excluding carboxylic acids is 1. The molecule has 0 spiro atoms. The van der Waals surface area contributed by atoms with Gasteiger partial charge in [0, 0.05) is 6.54 Å². The van der Waals surface area contributed by atoms with E-state index >= 15 is 0 Å². The second-order valence-electron chi connectivity index (χ2n) is 6.00. The van der Waals surface area contributed by atoms with Gasteiger partial charge in [-0.2, -0.15) is 5.10 Å². The van der Waals surface area contributed by atoms with Gasteiger partial charge in [-0.3, -0.25) is 20.0 Å². The van der Waals surface area contributed by atoms with Gasteiger partial charge in [0.15, 0.2) is 0 Å². The predicted octanol–water partition coefficient (Wildman–Crippen LogP) is 1.41. The van der Waals surface area contributed by atoms with Gasteiger partial charge in [0.2, 0.25) is 5.69 Å². The van der Waals surface area contributed by atoms with E-state index in [1.54, 1.807) is 0 Å². The van der Waals surface area contributed by atoms with Crippen LogP contribution in [0.15, 0.2) is 0 Å². The van der Waals surface area contributed by atoms with Crippen LogP contribution in [0.2, 0.25) is 0 Å². The Hall–Kier alpha value is -1.96. The van der Waals surface area contributed by atoms with Crippen LogP contribution in [0.4, 0.5) is 5.69 Å². The van der Waals surface area contributed by atoms with Crippen LogP contribution in [0.1, 0.15) is 50.3 Å². The maximum Gasteiger partial charge on any atom is 0.322 e. The normalized spacial score (nSPS) is 13.0. The minimum Gasteiger partial charge on any atom is -0.391 e. The highest BCUT2D eigenvalue weighted by Gasteiger charge is 2.30. The van der Waals surface area contributed by atoms with Crippen molar-refractivity contribution in [1.82, 2.24) is 15.5 Å². The second kappa shape index (κ2) is 6.66. The molecule has 0 aliphatic carbocycles. The first kappa shape index (κ1) is 17.1. The number of aliphatic hydroxyl groups is 1. The lowest BCUT2D eigenvalue weighted by Gasteiger charge is -2.25. The van der Waals surface area contributed by atoms with E-state index in [0.29, 0.717) is 18.5 Å². The first-order chi connectivity index (χ1) is 9.68. The fourth-order valence-corrected chi connectivity index (χ4v) is 1.73. The molecule has 1 aromatic rings. The molecule has 1 aromatic heterocycles. The number of carbonyl (C=O) groups is 1. The average Bonchev–Trinajstić information content (AvgIpc) is 2.78. The molecule has 0 aromatic carbocycles. The number of hydrogen-bond donors (Lipinski definition) is 3. The van der Waals surface area contributed by atoms with E-state index in [4.69, 9.17) is 0 Å². The van der Waals surface area contributed by atoms with E-state index in [1.165, 1.54) is 0 Å². The molecule has 0 radical (unpaired) electrons. The molecule has 21 heavy (non-hydrogen) atoms. The zero-order valence-electron chi connectivity index (χ0n) is 12.8. The van der Waals surface area contributed by atoms with Crippen LogP contribution in [0.25, 0.3) is 0 Å². The topological polar surface area (TPSA) is 121 Å². The van der Waals surface area contributed by atoms with Crippen LogP contribution in [0, 0.1) is 15.5 Å². The Balaban J connectivity index is 2.86. The number of hydrogen-bond acceptors (Lipinski definition) is 5. The number of aromatic nitrogens is 2. The fraction of sp³-hybridized carbons (Fsp3) is 0.692. The van der Waals surface area contributed by atoms with Gasteiger partial charge in [-0.05, 0) is 11.8 Å². The van der Waals surface area contributed by atoms with Crippen molar-refractivity contribution in [3.8, 4) is 0 Å². The minimum absolute atomic E-state index is 0.00938. The second-order valence-corrected chi connectivity index (χ2v) is 6.00. The summed E-state index contributed by atoms with van der Waals surface area (Å²) < 4.78 is 0. The summed E-state index contributed by atoms with van der Waals surface area (Å²) in [6.45, 7) is 7.39. The van der Waals surface area contributed by atoms with Crippen molar-refractivity contribution >= 4 is 11.6 Å². The summed E-state index contributed by atoms with van der Waals surface area (Å²) in [5, 5.41) is 29.7. The Kier molecular flexibility index (Phi) is 5.42. The molecule has 0 fully saturated rings. The molecule has 0 aliphatic rings. The van der Waals surface area contributed by atoms with E-state index < -0.39 is 22.3 Å². The lowest BCUT2D eigenvalue weighted by molar-refractivity contribution is -0.385. The lowest BCUT2D eigenvalue weighted by Crippen LogP contribution is -2.39. The third-order valence-electron chi connectivity index (χ3n) is 3.17. The number of aryl methyl sites for hydroxylation is 1. The zero-order chi connectivity index (χ0) is 16.2. The van der Waals surface area contributed by atoms with Gasteiger partial charge in [0.1, 0.15) is 5.69 Å². The van der Waals surface area contributed by atoms with Gasteiger partial charge in [-0.15, -0.1) is 0 Å². The number of rotatable bonds is 6. The van der Waals surface area contributed by atoms with Crippen LogP contribution >= 0.6 is 0 Å². The molecule has 0 bridgehead atoms. The van der Waals surface area contributed by atoms with Crippen LogP contribution in [-0.2, 0) is 6.42 Å². The molecule has 1 atom stereocenters. The summed E-state index contributed by atoms with van der Waals surface area (Å²) >= 11 is 0. The average molecular weight is 298 g/mol. The summed E-state index contributed by atoms with van der Waals surface area (Å²) in [5.74, 6) is -0.663. The maximum absolute atomic E-state index is 12.0. The predicted molar refractivity (Wildman–Crippen MR) is 77.0 cm³/mol. The SMILES string of the molecule is CCCc1[nH]nc(C(=O)NCC(O)C(C)(C)C)c1[N+](=O)[O-]. The first-order valence-corrected chi connectivity index (χ1v) is 6.86. The molecule has 1 rings (SSSR count). The molecule has 0 saturated heterocycles. The van der Waals surface area contributed by atoms with Crippen LogP contribution < -0.4 is 5.32 Å². The van der Waals surface area contributed by atoms with Gasteiger partial charge in [-0.25, -0.2) is 0 Å². The summed E-state index contributed by atoms with van der Waals surface area (Å²) in [7, 11) is 0. The quantitative estimate of drug-likeness (QED) is 0.541. The Morgan fingerprint density at radius 3 is 2.62 bits per heavy atom. The lowest BCUT2D eigenvalue weighted by atomic mass is 9.89. The van der Waals surface area contributed by atoms with Crippen LogP contribution in [0.3, 0.4) is 0 Å². The Morgan fingerprint density at radius 2 is 2.14 bits per heavy atom. The number of aromatic amines is 1. The molecule has 1 unspecified atom stereocenters. The highest BCUT2D eigenvalue weighted by molar-refractivity contribution is 5.96. The number of nitro groups is 1. The molecule has 8 heteroatoms. The van der Waals surface area contributed by atoms with Gasteiger partial charge in [0.05, 0.1) is 11.0 Å². The third-order valence-corrected chi connectivity index (χ3v) is 3.17. The number of nitrogens with zero attached hydrogens (tertiary/aromatic N) is 2. The zero-order valence-corrected chi connectivity index (χ0v) is 12.8. The van der Waals surface area contributed by atoms with Gasteiger partial charge in [-0.1, -0.05) is 34.1 Å². The highest BCUT2D eigenvalue weighted by Crippen LogP contribution is 2.23. The van der Waals surface area contributed by atoms with E-state index in [-0.39, 0.29) is 17.9 Å². The molecule has 1 heterocycles. The monoisotopic (exact) mass is 298 g/mol. The highest BCUT2D eigenvalue weighted by atomic mass is 16.6. The smallest absolute Gasteiger partial charge is 0.322 e. The molecular weight excluding hydrogens is 276 g/mol. The van der Waals surface area contributed by atoms with Crippen LogP contribution in [0.5, 0.6) is 0 Å². The van der Waals surface area contributed by atoms with Gasteiger partial charge >= 0.3 is 5.69 Å². The molecule has 0 saturated carbocycles. The molecule has 118 valence electrons. The Morgan fingerprint density at radius 1 is 1.52 bits per heavy atom. The van der Waals surface area contributed by atoms with Crippen molar-refractivity contribution < 1.29 is 14.8 Å². The fourth-order valence-electron chi connectivity index (χ4n) is 1.73. The number of H-pyrrole nitrogens is 1. The maximum atomic E-state index is 12.0. The molecule has 3 N–H and O–H groups in total. The standard InChI is InChI=1S/C13H22N4O4/c1-5-6-8-11(17(20)21)10(16-15-8)12(19)14-7-9(18)13(2,3)4/h9,18H,5-7H2,1-4H3,(H,14,19)(H,15,16). The summed E-state index contributed by atoms with van der Waals surface area (Å²) in [4.78, 5) is 22.5. The third kappa shape index (κ3) is 4.25. The number of amides is 1. The summed E-state index contributed by atoms with van der Waals surface area (Å²) in [5.41, 5.74) is -0.591. The Bertz CT molecular complexity index is 519.